The van der Waals surface area contributed by atoms with Gasteiger partial charge < -0.3 is 19.9 Å². The van der Waals surface area contributed by atoms with E-state index in [9.17, 15) is 18.0 Å². The summed E-state index contributed by atoms with van der Waals surface area (Å²) >= 11 is 6.23. The third-order valence-corrected chi connectivity index (χ3v) is 8.27. The highest BCUT2D eigenvalue weighted by atomic mass is 35.5. The summed E-state index contributed by atoms with van der Waals surface area (Å²) < 4.78 is 33.4. The molecule has 2 aromatic rings. The summed E-state index contributed by atoms with van der Waals surface area (Å²) in [5.74, 6) is -0.230. The van der Waals surface area contributed by atoms with Crippen molar-refractivity contribution in [2.75, 3.05) is 45.2 Å². The van der Waals surface area contributed by atoms with E-state index in [1.807, 2.05) is 11.9 Å². The monoisotopic (exact) mass is 534 g/mol. The number of hydrogen-bond donors (Lipinski definition) is 2. The van der Waals surface area contributed by atoms with E-state index in [1.165, 1.54) is 18.2 Å². The van der Waals surface area contributed by atoms with Crippen molar-refractivity contribution in [2.24, 2.45) is 0 Å². The second-order valence-corrected chi connectivity index (χ2v) is 11.3. The van der Waals surface area contributed by atoms with Gasteiger partial charge in [-0.2, -0.15) is 0 Å². The summed E-state index contributed by atoms with van der Waals surface area (Å²) in [7, 11) is -1.64. The number of piperazine rings is 1. The van der Waals surface area contributed by atoms with Crippen LogP contribution in [-0.2, 0) is 14.8 Å². The van der Waals surface area contributed by atoms with Gasteiger partial charge in [0, 0.05) is 43.5 Å². The van der Waals surface area contributed by atoms with E-state index >= 15 is 0 Å². The summed E-state index contributed by atoms with van der Waals surface area (Å²) in [5.41, 5.74) is 1.10. The van der Waals surface area contributed by atoms with Crippen molar-refractivity contribution in [1.82, 2.24) is 14.5 Å². The Hall–Kier alpha value is -2.66. The number of nitrogens with one attached hydrogen (secondary N) is 2. The van der Waals surface area contributed by atoms with Crippen molar-refractivity contribution in [3.8, 4) is 5.75 Å². The summed E-state index contributed by atoms with van der Waals surface area (Å²) in [4.78, 5) is 29.1. The summed E-state index contributed by atoms with van der Waals surface area (Å²) in [6, 6.07) is 10.8. The minimum absolute atomic E-state index is 0.0251. The molecule has 0 spiro atoms. The van der Waals surface area contributed by atoms with Crippen molar-refractivity contribution in [3.05, 3.63) is 53.1 Å². The Morgan fingerprint density at radius 2 is 1.69 bits per heavy atom. The summed E-state index contributed by atoms with van der Waals surface area (Å²) in [6.45, 7) is 2.77. The number of sulfonamides is 1. The number of likely N-dealkylation sites (N-methyl/N-ethyl adjacent to an activating group) is 1. The van der Waals surface area contributed by atoms with Crippen LogP contribution in [0.25, 0.3) is 0 Å². The Morgan fingerprint density at radius 1 is 1.03 bits per heavy atom. The fourth-order valence-corrected chi connectivity index (χ4v) is 5.96. The number of hydrogen-bond acceptors (Lipinski definition) is 6. The number of anilines is 1. The van der Waals surface area contributed by atoms with Crippen LogP contribution in [0.15, 0.2) is 47.4 Å². The highest BCUT2D eigenvalue weighted by Gasteiger charge is 2.24. The van der Waals surface area contributed by atoms with Crippen molar-refractivity contribution in [2.45, 2.75) is 36.6 Å². The smallest absolute Gasteiger partial charge is 0.262 e. The van der Waals surface area contributed by atoms with E-state index in [1.54, 1.807) is 24.3 Å². The molecule has 2 fully saturated rings. The topological polar surface area (TPSA) is 108 Å². The first-order chi connectivity index (χ1) is 17.2. The Labute approximate surface area is 216 Å². The molecule has 0 unspecified atom stereocenters. The minimum atomic E-state index is -3.67. The number of nitrogens with zero attached hydrogens (tertiary/aromatic N) is 2. The van der Waals surface area contributed by atoms with E-state index in [0.717, 1.165) is 38.8 Å². The van der Waals surface area contributed by atoms with E-state index in [0.29, 0.717) is 24.3 Å². The lowest BCUT2D eigenvalue weighted by Crippen LogP contribution is -2.47. The van der Waals surface area contributed by atoms with Crippen LogP contribution in [0.3, 0.4) is 0 Å². The lowest BCUT2D eigenvalue weighted by Gasteiger charge is -2.32. The predicted molar refractivity (Wildman–Crippen MR) is 138 cm³/mol. The van der Waals surface area contributed by atoms with Crippen LogP contribution in [0.4, 0.5) is 5.69 Å². The predicted octanol–water partition coefficient (Wildman–Crippen LogP) is 2.97. The third kappa shape index (κ3) is 6.76. The molecule has 1 heterocycles. The van der Waals surface area contributed by atoms with Gasteiger partial charge in [-0.15, -0.1) is 0 Å². The average Bonchev–Trinajstić information content (AvgIpc) is 3.36. The van der Waals surface area contributed by atoms with Crippen molar-refractivity contribution >= 4 is 39.1 Å². The molecule has 2 N–H and O–H groups in total. The number of halogens is 1. The molecule has 1 aliphatic carbocycles. The zero-order valence-electron chi connectivity index (χ0n) is 20.2. The summed E-state index contributed by atoms with van der Waals surface area (Å²) in [5, 5.41) is 2.82. The van der Waals surface area contributed by atoms with E-state index in [4.69, 9.17) is 16.3 Å². The number of ether oxygens (including phenoxy) is 1. The molecule has 1 aliphatic heterocycles. The standard InChI is InChI=1S/C25H31ClN4O5S/c1-29-12-14-30(15-13-29)25(32)18-6-8-19(9-7-18)27-24(31)17-35-23-11-10-21(16-22(23)26)36(33,34)28-20-4-2-3-5-20/h6-11,16,20,28H,2-5,12-15,17H2,1H3,(H,27,31). The number of carbonyl (C=O) groups is 2. The van der Waals surface area contributed by atoms with Crippen LogP contribution in [0.2, 0.25) is 5.02 Å². The van der Waals surface area contributed by atoms with Gasteiger partial charge >= 0.3 is 0 Å². The SMILES string of the molecule is CN1CCN(C(=O)c2ccc(NC(=O)COc3ccc(S(=O)(=O)NC4CCCC4)cc3Cl)cc2)CC1. The van der Waals surface area contributed by atoms with Crippen molar-refractivity contribution in [3.63, 3.8) is 0 Å². The third-order valence-electron chi connectivity index (χ3n) is 6.46. The van der Waals surface area contributed by atoms with Gasteiger partial charge in [-0.25, -0.2) is 13.1 Å². The van der Waals surface area contributed by atoms with Crippen LogP contribution < -0.4 is 14.8 Å². The first kappa shape index (κ1) is 26.4. The zero-order chi connectivity index (χ0) is 25.7. The highest BCUT2D eigenvalue weighted by molar-refractivity contribution is 7.89. The van der Waals surface area contributed by atoms with Gasteiger partial charge in [0.05, 0.1) is 9.92 Å². The molecule has 2 aliphatic rings. The van der Waals surface area contributed by atoms with Crippen LogP contribution in [0.1, 0.15) is 36.0 Å². The Bertz CT molecular complexity index is 1190. The highest BCUT2D eigenvalue weighted by Crippen LogP contribution is 2.28. The molecule has 11 heteroatoms. The lowest BCUT2D eigenvalue weighted by atomic mass is 10.1. The molecule has 194 valence electrons. The van der Waals surface area contributed by atoms with Crippen LogP contribution >= 0.6 is 11.6 Å². The van der Waals surface area contributed by atoms with E-state index in [-0.39, 0.29) is 34.2 Å². The van der Waals surface area contributed by atoms with Gasteiger partial charge in [0.25, 0.3) is 11.8 Å². The Kier molecular flexibility index (Phi) is 8.50. The number of amides is 2. The fraction of sp³-hybridized carbons (Fsp3) is 0.440. The average molecular weight is 535 g/mol. The van der Waals surface area contributed by atoms with E-state index < -0.39 is 15.9 Å². The molecule has 1 saturated heterocycles. The molecule has 36 heavy (non-hydrogen) atoms. The fourth-order valence-electron chi connectivity index (χ4n) is 4.33. The number of carbonyl (C=O) groups excluding carboxylic acids is 2. The first-order valence-corrected chi connectivity index (χ1v) is 13.9. The molecule has 0 radical (unpaired) electrons. The molecular weight excluding hydrogens is 504 g/mol. The molecule has 0 atom stereocenters. The van der Waals surface area contributed by atoms with Gasteiger partial charge in [-0.3, -0.25) is 9.59 Å². The zero-order valence-corrected chi connectivity index (χ0v) is 21.8. The minimum Gasteiger partial charge on any atom is -0.482 e. The molecule has 2 aromatic carbocycles. The molecular formula is C25H31ClN4O5S. The normalized spacial score (nSPS) is 17.2. The molecule has 1 saturated carbocycles. The van der Waals surface area contributed by atoms with Crippen LogP contribution in [0, 0.1) is 0 Å². The van der Waals surface area contributed by atoms with Gasteiger partial charge in [0.15, 0.2) is 6.61 Å². The quantitative estimate of drug-likeness (QED) is 0.539. The molecule has 4 rings (SSSR count). The first-order valence-electron chi connectivity index (χ1n) is 12.0. The van der Waals surface area contributed by atoms with Crippen molar-refractivity contribution < 1.29 is 22.7 Å². The largest absolute Gasteiger partial charge is 0.482 e. The maximum atomic E-state index is 12.6. The second kappa shape index (κ2) is 11.6. The molecule has 0 aromatic heterocycles. The lowest BCUT2D eigenvalue weighted by molar-refractivity contribution is -0.118. The van der Waals surface area contributed by atoms with Crippen LogP contribution in [0.5, 0.6) is 5.75 Å². The van der Waals surface area contributed by atoms with Gasteiger partial charge in [-0.05, 0) is 62.4 Å². The van der Waals surface area contributed by atoms with E-state index in [2.05, 4.69) is 14.9 Å². The Balaban J connectivity index is 1.28. The molecule has 0 bridgehead atoms. The second-order valence-electron chi connectivity index (χ2n) is 9.20. The molecule has 9 nitrogen and oxygen atoms in total. The summed E-state index contributed by atoms with van der Waals surface area (Å²) in [6.07, 6.45) is 3.69. The maximum absolute atomic E-state index is 12.6. The van der Waals surface area contributed by atoms with Gasteiger partial charge in [0.1, 0.15) is 5.75 Å². The van der Waals surface area contributed by atoms with Gasteiger partial charge in [-0.1, -0.05) is 24.4 Å². The van der Waals surface area contributed by atoms with Crippen molar-refractivity contribution in [1.29, 1.82) is 0 Å². The maximum Gasteiger partial charge on any atom is 0.262 e. The number of rotatable bonds is 8. The van der Waals surface area contributed by atoms with Gasteiger partial charge in [0.2, 0.25) is 10.0 Å². The Morgan fingerprint density at radius 3 is 2.33 bits per heavy atom. The van der Waals surface area contributed by atoms with Crippen LogP contribution in [-0.4, -0.2) is 75.9 Å². The molecule has 2 amide bonds. The number of benzene rings is 2.